The third kappa shape index (κ3) is 5.77. The summed E-state index contributed by atoms with van der Waals surface area (Å²) in [6, 6.07) is 22.2. The lowest BCUT2D eigenvalue weighted by Gasteiger charge is -2.34. The van der Waals surface area contributed by atoms with Crippen LogP contribution < -0.4 is 19.7 Å². The molecule has 0 radical (unpaired) electrons. The van der Waals surface area contributed by atoms with Crippen molar-refractivity contribution in [3.8, 4) is 5.75 Å². The Hall–Kier alpha value is -4.05. The van der Waals surface area contributed by atoms with Crippen LogP contribution in [-0.2, 0) is 26.0 Å². The first-order valence-corrected chi connectivity index (χ1v) is 13.0. The highest BCUT2D eigenvalue weighted by molar-refractivity contribution is 7.92. The molecular formula is C26H27N3O6S. The van der Waals surface area contributed by atoms with Crippen LogP contribution in [0.25, 0.3) is 0 Å². The Morgan fingerprint density at radius 1 is 1.00 bits per heavy atom. The van der Waals surface area contributed by atoms with E-state index >= 15 is 0 Å². The molecule has 2 N–H and O–H groups in total. The van der Waals surface area contributed by atoms with Crippen LogP contribution in [0.1, 0.15) is 12.5 Å². The fourth-order valence-electron chi connectivity index (χ4n) is 3.78. The van der Waals surface area contributed by atoms with Crippen molar-refractivity contribution in [2.45, 2.75) is 24.3 Å². The van der Waals surface area contributed by atoms with E-state index in [0.717, 1.165) is 5.56 Å². The molecule has 0 spiro atoms. The lowest BCUT2D eigenvalue weighted by Crippen LogP contribution is -2.51. The third-order valence-corrected chi connectivity index (χ3v) is 7.34. The van der Waals surface area contributed by atoms with Gasteiger partial charge in [0.1, 0.15) is 5.75 Å². The number of carbonyl (C=O) groups is 2. The van der Waals surface area contributed by atoms with Gasteiger partial charge in [-0.05, 0) is 55.3 Å². The molecule has 3 aromatic rings. The van der Waals surface area contributed by atoms with Crippen molar-refractivity contribution in [2.75, 3.05) is 29.3 Å². The molecule has 0 aromatic heterocycles. The van der Waals surface area contributed by atoms with E-state index in [2.05, 4.69) is 10.6 Å². The van der Waals surface area contributed by atoms with E-state index in [1.54, 1.807) is 31.2 Å². The predicted molar refractivity (Wildman–Crippen MR) is 136 cm³/mol. The van der Waals surface area contributed by atoms with Gasteiger partial charge in [-0.25, -0.2) is 13.2 Å². The average molecular weight is 510 g/mol. The molecule has 0 bridgehead atoms. The van der Waals surface area contributed by atoms with Gasteiger partial charge in [0, 0.05) is 12.2 Å². The monoisotopic (exact) mass is 509 g/mol. The van der Waals surface area contributed by atoms with Gasteiger partial charge in [0.2, 0.25) is 0 Å². The summed E-state index contributed by atoms with van der Waals surface area (Å²) in [4.78, 5) is 24.5. The number of nitrogens with zero attached hydrogens (tertiary/aromatic N) is 1. The Bertz CT molecular complexity index is 1310. The largest absolute Gasteiger partial charge is 0.476 e. The maximum atomic E-state index is 13.6. The smallest absolute Gasteiger partial charge is 0.411 e. The molecule has 0 fully saturated rings. The number of ether oxygens (including phenoxy) is 2. The number of benzene rings is 3. The second-order valence-corrected chi connectivity index (χ2v) is 9.87. The second-order valence-electron chi connectivity index (χ2n) is 8.01. The molecule has 0 aliphatic carbocycles. The van der Waals surface area contributed by atoms with Gasteiger partial charge in [-0.15, -0.1) is 0 Å². The van der Waals surface area contributed by atoms with Gasteiger partial charge in [0.15, 0.2) is 6.10 Å². The number of rotatable bonds is 8. The molecule has 2 amide bonds. The van der Waals surface area contributed by atoms with Crippen LogP contribution in [0, 0.1) is 0 Å². The van der Waals surface area contributed by atoms with Gasteiger partial charge in [-0.1, -0.05) is 42.5 Å². The maximum Gasteiger partial charge on any atom is 0.411 e. The molecule has 4 rings (SSSR count). The van der Waals surface area contributed by atoms with E-state index in [4.69, 9.17) is 9.47 Å². The first-order valence-electron chi connectivity index (χ1n) is 11.5. The Morgan fingerprint density at radius 3 is 2.42 bits per heavy atom. The van der Waals surface area contributed by atoms with Crippen molar-refractivity contribution in [1.82, 2.24) is 5.32 Å². The van der Waals surface area contributed by atoms with Gasteiger partial charge in [-0.2, -0.15) is 0 Å². The van der Waals surface area contributed by atoms with Crippen molar-refractivity contribution < 1.29 is 27.5 Å². The molecule has 36 heavy (non-hydrogen) atoms. The van der Waals surface area contributed by atoms with E-state index in [0.29, 0.717) is 30.1 Å². The number of anilines is 2. The highest BCUT2D eigenvalue weighted by Gasteiger charge is 2.37. The van der Waals surface area contributed by atoms with Gasteiger partial charge in [-0.3, -0.25) is 14.4 Å². The van der Waals surface area contributed by atoms with Crippen LogP contribution in [0.15, 0.2) is 83.8 Å². The highest BCUT2D eigenvalue weighted by Crippen LogP contribution is 2.37. The lowest BCUT2D eigenvalue weighted by molar-refractivity contribution is -0.127. The highest BCUT2D eigenvalue weighted by atomic mass is 32.2. The summed E-state index contributed by atoms with van der Waals surface area (Å²) in [7, 11) is -4.03. The maximum absolute atomic E-state index is 13.6. The standard InChI is InChI=1S/C26H27N3O6S/c1-2-34-26(31)28-20-12-14-21(15-13-20)36(32,33)29-18-24(35-23-11-7-6-10-22(23)29)25(30)27-17-16-19-8-4-3-5-9-19/h3-15,24H,2,16-18H2,1H3,(H,27,30)(H,28,31)/t24-/m1/s1. The lowest BCUT2D eigenvalue weighted by atomic mass is 10.1. The fourth-order valence-corrected chi connectivity index (χ4v) is 5.25. The third-order valence-electron chi connectivity index (χ3n) is 5.55. The van der Waals surface area contributed by atoms with Crippen LogP contribution in [0.4, 0.5) is 16.2 Å². The Morgan fingerprint density at radius 2 is 1.69 bits per heavy atom. The minimum absolute atomic E-state index is 0.0110. The first-order chi connectivity index (χ1) is 17.4. The molecule has 0 saturated heterocycles. The number of amides is 2. The van der Waals surface area contributed by atoms with Gasteiger partial charge < -0.3 is 14.8 Å². The Balaban J connectivity index is 1.50. The molecule has 0 unspecified atom stereocenters. The van der Waals surface area contributed by atoms with E-state index in [1.807, 2.05) is 30.3 Å². The van der Waals surface area contributed by atoms with Gasteiger partial charge >= 0.3 is 6.09 Å². The summed E-state index contributed by atoms with van der Waals surface area (Å²) in [6.45, 7) is 2.12. The summed E-state index contributed by atoms with van der Waals surface area (Å²) >= 11 is 0. The quantitative estimate of drug-likeness (QED) is 0.480. The second kappa shape index (κ2) is 11.1. The molecule has 1 heterocycles. The van der Waals surface area contributed by atoms with E-state index in [1.165, 1.54) is 28.6 Å². The van der Waals surface area contributed by atoms with Crippen LogP contribution in [-0.4, -0.2) is 46.2 Å². The van der Waals surface area contributed by atoms with E-state index in [9.17, 15) is 18.0 Å². The fraction of sp³-hybridized carbons (Fsp3) is 0.231. The molecule has 3 aromatic carbocycles. The summed E-state index contributed by atoms with van der Waals surface area (Å²) in [6.07, 6.45) is -1.00. The Kier molecular flexibility index (Phi) is 7.74. The average Bonchev–Trinajstić information content (AvgIpc) is 2.89. The molecule has 1 aliphatic heterocycles. The summed E-state index contributed by atoms with van der Waals surface area (Å²) < 4.78 is 39.0. The van der Waals surface area contributed by atoms with Crippen LogP contribution in [0.3, 0.4) is 0 Å². The van der Waals surface area contributed by atoms with Crippen LogP contribution in [0.5, 0.6) is 5.75 Å². The zero-order valence-electron chi connectivity index (χ0n) is 19.7. The number of hydrogen-bond acceptors (Lipinski definition) is 6. The summed E-state index contributed by atoms with van der Waals surface area (Å²) in [5, 5.41) is 5.37. The zero-order chi connectivity index (χ0) is 25.5. The minimum Gasteiger partial charge on any atom is -0.476 e. The van der Waals surface area contributed by atoms with Crippen LogP contribution in [0.2, 0.25) is 0 Å². The summed E-state index contributed by atoms with van der Waals surface area (Å²) in [5.74, 6) is -0.0919. The van der Waals surface area contributed by atoms with Crippen molar-refractivity contribution in [2.24, 2.45) is 0 Å². The number of fused-ring (bicyclic) bond motifs is 1. The van der Waals surface area contributed by atoms with Gasteiger partial charge in [0.05, 0.1) is 23.7 Å². The van der Waals surface area contributed by atoms with Crippen molar-refractivity contribution in [1.29, 1.82) is 0 Å². The topological polar surface area (TPSA) is 114 Å². The van der Waals surface area contributed by atoms with Crippen LogP contribution >= 0.6 is 0 Å². The molecule has 10 heteroatoms. The number of hydrogen-bond donors (Lipinski definition) is 2. The number of sulfonamides is 1. The molecular weight excluding hydrogens is 482 g/mol. The Labute approximate surface area is 210 Å². The minimum atomic E-state index is -4.03. The van der Waals surface area contributed by atoms with Gasteiger partial charge in [0.25, 0.3) is 15.9 Å². The summed E-state index contributed by atoms with van der Waals surface area (Å²) in [5.41, 5.74) is 1.82. The first kappa shape index (κ1) is 25.1. The SMILES string of the molecule is CCOC(=O)Nc1ccc(S(=O)(=O)N2C[C@H](C(=O)NCCc3ccccc3)Oc3ccccc32)cc1. The number of para-hydroxylation sites is 2. The van der Waals surface area contributed by atoms with E-state index in [-0.39, 0.29) is 18.0 Å². The van der Waals surface area contributed by atoms with Crippen molar-refractivity contribution in [3.05, 3.63) is 84.4 Å². The van der Waals surface area contributed by atoms with E-state index < -0.39 is 28.1 Å². The number of carbonyl (C=O) groups excluding carboxylic acids is 2. The molecule has 188 valence electrons. The zero-order valence-corrected chi connectivity index (χ0v) is 20.5. The number of nitrogens with one attached hydrogen (secondary N) is 2. The predicted octanol–water partition coefficient (Wildman–Crippen LogP) is 3.57. The van der Waals surface area contributed by atoms with Crippen molar-refractivity contribution >= 4 is 33.4 Å². The molecule has 1 atom stereocenters. The molecule has 0 saturated carbocycles. The normalized spacial score (nSPS) is 14.8. The molecule has 1 aliphatic rings. The molecule has 9 nitrogen and oxygen atoms in total. The van der Waals surface area contributed by atoms with Crippen molar-refractivity contribution in [3.63, 3.8) is 0 Å².